The van der Waals surface area contributed by atoms with E-state index in [2.05, 4.69) is 28.8 Å². The van der Waals surface area contributed by atoms with Gasteiger partial charge in [-0.3, -0.25) is 9.59 Å². The highest BCUT2D eigenvalue weighted by atomic mass is 32.1. The van der Waals surface area contributed by atoms with Crippen molar-refractivity contribution >= 4 is 76.6 Å². The van der Waals surface area contributed by atoms with Crippen molar-refractivity contribution in [2.24, 2.45) is 0 Å². The van der Waals surface area contributed by atoms with Crippen LogP contribution in [0.4, 0.5) is 11.4 Å². The second-order valence-electron chi connectivity index (χ2n) is 8.57. The highest BCUT2D eigenvalue weighted by molar-refractivity contribution is 7.25. The van der Waals surface area contributed by atoms with E-state index in [0.717, 1.165) is 32.3 Å². The summed E-state index contributed by atoms with van der Waals surface area (Å²) in [5.41, 5.74) is 3.02. The second-order valence-corrected chi connectivity index (χ2v) is 9.65. The van der Waals surface area contributed by atoms with Crippen LogP contribution in [-0.2, 0) is 9.59 Å². The molecule has 0 atom stereocenters. The maximum absolute atomic E-state index is 12.4. The molecule has 6 rings (SSSR count). The topological polar surface area (TPSA) is 71.3 Å². The van der Waals surface area contributed by atoms with Crippen LogP contribution < -0.4 is 10.6 Å². The van der Waals surface area contributed by atoms with Crippen LogP contribution in [0.25, 0.3) is 42.1 Å². The highest BCUT2D eigenvalue weighted by Gasteiger charge is 2.11. The number of anilines is 2. The first kappa shape index (κ1) is 21.4. The summed E-state index contributed by atoms with van der Waals surface area (Å²) < 4.78 is 8.26. The molecule has 4 aromatic carbocycles. The van der Waals surface area contributed by atoms with E-state index < -0.39 is 0 Å². The molecule has 2 amide bonds. The first-order valence-electron chi connectivity index (χ1n) is 11.6. The summed E-state index contributed by atoms with van der Waals surface area (Å²) in [6.07, 6.45) is 1.01. The number of thiophene rings is 1. The Balaban J connectivity index is 1.04. The summed E-state index contributed by atoms with van der Waals surface area (Å²) in [5, 5.41) is 10.4. The van der Waals surface area contributed by atoms with Gasteiger partial charge in [0, 0.05) is 61.2 Å². The molecule has 0 aliphatic heterocycles. The number of furan rings is 1. The lowest BCUT2D eigenvalue weighted by molar-refractivity contribution is -0.117. The fourth-order valence-electron chi connectivity index (χ4n) is 4.46. The minimum atomic E-state index is -0.125. The van der Waals surface area contributed by atoms with E-state index >= 15 is 0 Å². The lowest BCUT2D eigenvalue weighted by Gasteiger charge is -2.07. The number of carbonyl (C=O) groups is 2. The molecule has 6 aromatic rings. The van der Waals surface area contributed by atoms with Gasteiger partial charge in [0.25, 0.3) is 0 Å². The third-order valence-corrected chi connectivity index (χ3v) is 7.27. The Bertz CT molecular complexity index is 1600. The van der Waals surface area contributed by atoms with Crippen LogP contribution in [0.3, 0.4) is 0 Å². The fourth-order valence-corrected chi connectivity index (χ4v) is 5.61. The third-order valence-electron chi connectivity index (χ3n) is 6.13. The number of benzene rings is 4. The molecule has 2 heterocycles. The van der Waals surface area contributed by atoms with E-state index in [0.29, 0.717) is 12.1 Å². The number of rotatable bonds is 6. The number of fused-ring (bicyclic) bond motifs is 6. The van der Waals surface area contributed by atoms with Crippen molar-refractivity contribution in [3.05, 3.63) is 84.9 Å². The molecule has 0 saturated carbocycles. The van der Waals surface area contributed by atoms with Crippen LogP contribution in [0.15, 0.2) is 89.3 Å². The summed E-state index contributed by atoms with van der Waals surface area (Å²) in [7, 11) is 0. The van der Waals surface area contributed by atoms with Gasteiger partial charge in [0.15, 0.2) is 0 Å². The molecule has 0 unspecified atom stereocenters. The number of hydrogen-bond acceptors (Lipinski definition) is 4. The predicted octanol–water partition coefficient (Wildman–Crippen LogP) is 7.70. The molecule has 0 aliphatic rings. The Morgan fingerprint density at radius 3 is 2.03 bits per heavy atom. The second kappa shape index (κ2) is 8.89. The molecular weight excluding hydrogens is 456 g/mol. The van der Waals surface area contributed by atoms with Crippen molar-refractivity contribution in [3.8, 4) is 0 Å². The number of hydrogen-bond donors (Lipinski definition) is 2. The first-order chi connectivity index (χ1) is 17.1. The van der Waals surface area contributed by atoms with Gasteiger partial charge < -0.3 is 15.1 Å². The van der Waals surface area contributed by atoms with Gasteiger partial charge in [-0.05, 0) is 42.8 Å². The van der Waals surface area contributed by atoms with Gasteiger partial charge in [-0.2, -0.15) is 0 Å². The molecule has 0 saturated heterocycles. The molecule has 172 valence electrons. The lowest BCUT2D eigenvalue weighted by Crippen LogP contribution is -2.14. The van der Waals surface area contributed by atoms with Crippen molar-refractivity contribution in [1.82, 2.24) is 0 Å². The summed E-state index contributed by atoms with van der Waals surface area (Å²) >= 11 is 1.72. The van der Waals surface area contributed by atoms with E-state index in [9.17, 15) is 9.59 Å². The molecule has 0 fully saturated rings. The van der Waals surface area contributed by atoms with Crippen LogP contribution in [-0.4, -0.2) is 11.8 Å². The molecule has 0 spiro atoms. The van der Waals surface area contributed by atoms with Crippen LogP contribution >= 0.6 is 11.3 Å². The van der Waals surface area contributed by atoms with Gasteiger partial charge in [-0.25, -0.2) is 0 Å². The first-order valence-corrected chi connectivity index (χ1v) is 12.4. The molecule has 0 aliphatic carbocycles. The Labute approximate surface area is 205 Å². The largest absolute Gasteiger partial charge is 0.456 e. The van der Waals surface area contributed by atoms with E-state index in [1.165, 1.54) is 15.5 Å². The summed E-state index contributed by atoms with van der Waals surface area (Å²) in [6, 6.07) is 27.8. The van der Waals surface area contributed by atoms with Crippen LogP contribution in [0.2, 0.25) is 0 Å². The quantitative estimate of drug-likeness (QED) is 0.258. The predicted molar refractivity (Wildman–Crippen MR) is 144 cm³/mol. The average Bonchev–Trinajstić information content (AvgIpc) is 3.41. The zero-order valence-corrected chi connectivity index (χ0v) is 19.7. The van der Waals surface area contributed by atoms with Gasteiger partial charge in [0.2, 0.25) is 11.8 Å². The molecular formula is C29H22N2O3S. The normalized spacial score (nSPS) is 11.4. The maximum Gasteiger partial charge on any atom is 0.224 e. The van der Waals surface area contributed by atoms with Crippen molar-refractivity contribution in [2.75, 3.05) is 10.6 Å². The van der Waals surface area contributed by atoms with E-state index in [1.54, 1.807) is 11.3 Å². The SMILES string of the molecule is O=C(CCCC(=O)Nc1ccc2c(c1)sc1ccccc12)Nc1ccc2c(c1)oc1ccccc12. The molecule has 6 heteroatoms. The zero-order chi connectivity index (χ0) is 23.8. The fraction of sp³-hybridized carbons (Fsp3) is 0.103. The van der Waals surface area contributed by atoms with Crippen molar-refractivity contribution in [1.29, 1.82) is 0 Å². The molecule has 2 N–H and O–H groups in total. The standard InChI is InChI=1S/C29H22N2O3S/c32-28(30-18-12-14-21-20-6-1-3-8-24(20)34-25(21)16-18)10-5-11-29(33)31-19-13-15-23-22-7-2-4-9-26(22)35-27(23)17-19/h1-4,6-9,12-17H,5,10-11H2,(H,30,32)(H,31,33). The third kappa shape index (κ3) is 4.24. The number of carbonyl (C=O) groups excluding carboxylic acids is 2. The van der Waals surface area contributed by atoms with E-state index in [1.807, 2.05) is 66.7 Å². The van der Waals surface area contributed by atoms with Crippen LogP contribution in [0.1, 0.15) is 19.3 Å². The molecule has 0 radical (unpaired) electrons. The van der Waals surface area contributed by atoms with Crippen LogP contribution in [0, 0.1) is 0 Å². The summed E-state index contributed by atoms with van der Waals surface area (Å²) in [5.74, 6) is -0.220. The molecule has 0 bridgehead atoms. The molecule has 35 heavy (non-hydrogen) atoms. The monoisotopic (exact) mass is 478 g/mol. The van der Waals surface area contributed by atoms with Crippen molar-refractivity contribution in [2.45, 2.75) is 19.3 Å². The van der Waals surface area contributed by atoms with Crippen LogP contribution in [0.5, 0.6) is 0 Å². The minimum absolute atomic E-state index is 0.0954. The van der Waals surface area contributed by atoms with Gasteiger partial charge in [0.05, 0.1) is 0 Å². The van der Waals surface area contributed by atoms with Crippen molar-refractivity contribution in [3.63, 3.8) is 0 Å². The van der Waals surface area contributed by atoms with E-state index in [-0.39, 0.29) is 24.7 Å². The smallest absolute Gasteiger partial charge is 0.224 e. The van der Waals surface area contributed by atoms with Gasteiger partial charge in [0.1, 0.15) is 11.2 Å². The minimum Gasteiger partial charge on any atom is -0.456 e. The van der Waals surface area contributed by atoms with Crippen molar-refractivity contribution < 1.29 is 14.0 Å². The Kier molecular flexibility index (Phi) is 5.43. The highest BCUT2D eigenvalue weighted by Crippen LogP contribution is 2.35. The number of nitrogens with one attached hydrogen (secondary N) is 2. The summed E-state index contributed by atoms with van der Waals surface area (Å²) in [4.78, 5) is 24.9. The summed E-state index contributed by atoms with van der Waals surface area (Å²) in [6.45, 7) is 0. The molecule has 2 aromatic heterocycles. The van der Waals surface area contributed by atoms with E-state index in [4.69, 9.17) is 4.42 Å². The average molecular weight is 479 g/mol. The van der Waals surface area contributed by atoms with Gasteiger partial charge >= 0.3 is 0 Å². The maximum atomic E-state index is 12.4. The molecule has 5 nitrogen and oxygen atoms in total. The number of para-hydroxylation sites is 1. The Morgan fingerprint density at radius 2 is 1.23 bits per heavy atom. The number of amides is 2. The Morgan fingerprint density at radius 1 is 0.629 bits per heavy atom. The Hall–Kier alpha value is -4.16. The van der Waals surface area contributed by atoms with Gasteiger partial charge in [-0.1, -0.05) is 42.5 Å². The zero-order valence-electron chi connectivity index (χ0n) is 18.8. The lowest BCUT2D eigenvalue weighted by atomic mass is 10.1. The van der Waals surface area contributed by atoms with Gasteiger partial charge in [-0.15, -0.1) is 11.3 Å².